The van der Waals surface area contributed by atoms with Crippen LogP contribution >= 0.6 is 0 Å². The zero-order valence-electron chi connectivity index (χ0n) is 12.7. The molecule has 21 heavy (non-hydrogen) atoms. The van der Waals surface area contributed by atoms with E-state index in [0.29, 0.717) is 6.42 Å². The Balaban J connectivity index is 2.06. The molecule has 1 aliphatic carbocycles. The van der Waals surface area contributed by atoms with E-state index in [0.717, 1.165) is 11.1 Å². The predicted octanol–water partition coefficient (Wildman–Crippen LogP) is 4.17. The molecular formula is C18H20O2Si. The van der Waals surface area contributed by atoms with E-state index < -0.39 is 13.9 Å². The average molecular weight is 296 g/mol. The highest BCUT2D eigenvalue weighted by Crippen LogP contribution is 2.46. The first-order chi connectivity index (χ1) is 9.92. The van der Waals surface area contributed by atoms with E-state index in [1.54, 1.807) is 0 Å². The van der Waals surface area contributed by atoms with Crippen LogP contribution in [0.25, 0.3) is 0 Å². The van der Waals surface area contributed by atoms with Crippen LogP contribution in [0.15, 0.2) is 54.6 Å². The summed E-state index contributed by atoms with van der Waals surface area (Å²) in [6, 6.07) is 17.6. The van der Waals surface area contributed by atoms with Crippen molar-refractivity contribution in [2.24, 2.45) is 0 Å². The topological polar surface area (TPSA) is 26.3 Å². The molecule has 0 spiro atoms. The molecule has 0 amide bonds. The molecule has 108 valence electrons. The zero-order valence-corrected chi connectivity index (χ0v) is 13.7. The molecule has 0 radical (unpaired) electrons. The number of hydrogen-bond acceptors (Lipinski definition) is 2. The van der Waals surface area contributed by atoms with Crippen LogP contribution in [0.2, 0.25) is 19.6 Å². The van der Waals surface area contributed by atoms with Gasteiger partial charge in [0.05, 0.1) is 0 Å². The van der Waals surface area contributed by atoms with Gasteiger partial charge in [-0.2, -0.15) is 0 Å². The molecule has 1 aliphatic rings. The van der Waals surface area contributed by atoms with E-state index in [-0.39, 0.29) is 5.78 Å². The number of rotatable bonds is 4. The SMILES string of the molecule is C[Si](C)(C)O[C@]1(C(=O)c2ccccc2)Cc2ccccc21. The van der Waals surface area contributed by atoms with Gasteiger partial charge in [0.25, 0.3) is 0 Å². The van der Waals surface area contributed by atoms with Crippen molar-refractivity contribution in [3.63, 3.8) is 0 Å². The second-order valence-electron chi connectivity index (χ2n) is 6.57. The lowest BCUT2D eigenvalue weighted by molar-refractivity contribution is 0.0280. The highest BCUT2D eigenvalue weighted by atomic mass is 28.4. The lowest BCUT2D eigenvalue weighted by atomic mass is 9.69. The Kier molecular flexibility index (Phi) is 3.34. The third-order valence-corrected chi connectivity index (χ3v) is 4.74. The summed E-state index contributed by atoms with van der Waals surface area (Å²) in [7, 11) is -1.85. The molecule has 0 N–H and O–H groups in total. The molecule has 0 fully saturated rings. The van der Waals surface area contributed by atoms with Crippen LogP contribution in [0.5, 0.6) is 0 Å². The van der Waals surface area contributed by atoms with Gasteiger partial charge in [-0.25, -0.2) is 0 Å². The van der Waals surface area contributed by atoms with Crippen LogP contribution < -0.4 is 0 Å². The van der Waals surface area contributed by atoms with E-state index in [4.69, 9.17) is 4.43 Å². The number of ketones is 1. The Morgan fingerprint density at radius 1 is 1.00 bits per heavy atom. The number of Topliss-reactive ketones (excluding diaryl/α,β-unsaturated/α-hetero) is 1. The van der Waals surface area contributed by atoms with E-state index in [1.807, 2.05) is 48.5 Å². The maximum Gasteiger partial charge on any atom is 0.198 e. The lowest BCUT2D eigenvalue weighted by Crippen LogP contribution is -2.53. The largest absolute Gasteiger partial charge is 0.401 e. The van der Waals surface area contributed by atoms with E-state index in [2.05, 4.69) is 25.7 Å². The van der Waals surface area contributed by atoms with Crippen LogP contribution in [-0.4, -0.2) is 14.1 Å². The summed E-state index contributed by atoms with van der Waals surface area (Å²) < 4.78 is 6.39. The zero-order chi connectivity index (χ0) is 15.1. The molecule has 0 aliphatic heterocycles. The highest BCUT2D eigenvalue weighted by Gasteiger charge is 2.52. The van der Waals surface area contributed by atoms with Gasteiger partial charge in [-0.1, -0.05) is 54.6 Å². The first-order valence-corrected chi connectivity index (χ1v) is 10.7. The van der Waals surface area contributed by atoms with Crippen molar-refractivity contribution in [1.29, 1.82) is 0 Å². The van der Waals surface area contributed by atoms with Crippen molar-refractivity contribution >= 4 is 14.1 Å². The van der Waals surface area contributed by atoms with Crippen molar-refractivity contribution in [3.05, 3.63) is 71.3 Å². The Morgan fingerprint density at radius 3 is 2.24 bits per heavy atom. The van der Waals surface area contributed by atoms with Crippen molar-refractivity contribution < 1.29 is 9.22 Å². The van der Waals surface area contributed by atoms with Crippen LogP contribution in [0, 0.1) is 0 Å². The highest BCUT2D eigenvalue weighted by molar-refractivity contribution is 6.70. The fourth-order valence-corrected chi connectivity index (χ4v) is 4.33. The molecule has 2 nitrogen and oxygen atoms in total. The number of benzene rings is 2. The summed E-state index contributed by atoms with van der Waals surface area (Å²) in [6.07, 6.45) is 0.682. The number of hydrogen-bond donors (Lipinski definition) is 0. The summed E-state index contributed by atoms with van der Waals surface area (Å²) >= 11 is 0. The van der Waals surface area contributed by atoms with E-state index >= 15 is 0 Å². The molecule has 2 aromatic rings. The van der Waals surface area contributed by atoms with E-state index in [9.17, 15) is 4.79 Å². The quantitative estimate of drug-likeness (QED) is 0.625. The van der Waals surface area contributed by atoms with Crippen LogP contribution in [0.4, 0.5) is 0 Å². The summed E-state index contributed by atoms with van der Waals surface area (Å²) in [5, 5.41) is 0. The van der Waals surface area contributed by atoms with E-state index in [1.165, 1.54) is 5.56 Å². The minimum atomic E-state index is -1.85. The molecule has 0 saturated carbocycles. The number of carbonyl (C=O) groups is 1. The third-order valence-electron chi connectivity index (χ3n) is 3.78. The molecule has 2 aromatic carbocycles. The summed E-state index contributed by atoms with van der Waals surface area (Å²) in [5.74, 6) is 0.0872. The third kappa shape index (κ3) is 2.47. The number of fused-ring (bicyclic) bond motifs is 1. The van der Waals surface area contributed by atoms with Gasteiger partial charge in [0, 0.05) is 12.0 Å². The van der Waals surface area contributed by atoms with Crippen molar-refractivity contribution in [2.75, 3.05) is 0 Å². The van der Waals surface area contributed by atoms with Crippen molar-refractivity contribution in [1.82, 2.24) is 0 Å². The molecule has 0 heterocycles. The molecule has 0 aromatic heterocycles. The first-order valence-electron chi connectivity index (χ1n) is 7.31. The van der Waals surface area contributed by atoms with Crippen LogP contribution in [-0.2, 0) is 16.4 Å². The normalized spacial score (nSPS) is 20.5. The standard InChI is InChI=1S/C18H20O2Si/c1-21(2,3)20-18(13-15-11-7-8-12-16(15)18)17(19)14-9-5-4-6-10-14/h4-12H,13H2,1-3H3/t18-/m1/s1. The molecule has 0 bridgehead atoms. The smallest absolute Gasteiger partial charge is 0.198 e. The molecule has 3 rings (SSSR count). The second kappa shape index (κ2) is 4.93. The van der Waals surface area contributed by atoms with Crippen LogP contribution in [0.1, 0.15) is 21.5 Å². The summed E-state index contributed by atoms with van der Waals surface area (Å²) in [5.41, 5.74) is 2.22. The molecular weight excluding hydrogens is 276 g/mol. The summed E-state index contributed by atoms with van der Waals surface area (Å²) in [6.45, 7) is 6.40. The molecule has 0 unspecified atom stereocenters. The van der Waals surface area contributed by atoms with Gasteiger partial charge < -0.3 is 4.43 Å². The maximum absolute atomic E-state index is 13.1. The molecule has 0 saturated heterocycles. The van der Waals surface area contributed by atoms with Gasteiger partial charge in [-0.15, -0.1) is 0 Å². The fourth-order valence-electron chi connectivity index (χ4n) is 3.01. The van der Waals surface area contributed by atoms with Crippen molar-refractivity contribution in [3.8, 4) is 0 Å². The number of carbonyl (C=O) groups excluding carboxylic acids is 1. The van der Waals surface area contributed by atoms with Crippen LogP contribution in [0.3, 0.4) is 0 Å². The van der Waals surface area contributed by atoms with Gasteiger partial charge in [0.2, 0.25) is 0 Å². The monoisotopic (exact) mass is 296 g/mol. The fraction of sp³-hybridized carbons (Fsp3) is 0.278. The van der Waals surface area contributed by atoms with Gasteiger partial charge in [-0.05, 0) is 30.8 Å². The molecule has 1 atom stereocenters. The lowest BCUT2D eigenvalue weighted by Gasteiger charge is -2.46. The summed E-state index contributed by atoms with van der Waals surface area (Å²) in [4.78, 5) is 13.1. The van der Waals surface area contributed by atoms with Crippen molar-refractivity contribution in [2.45, 2.75) is 31.7 Å². The molecule has 3 heteroatoms. The van der Waals surface area contributed by atoms with Gasteiger partial charge in [0.15, 0.2) is 14.1 Å². The van der Waals surface area contributed by atoms with Gasteiger partial charge in [0.1, 0.15) is 5.60 Å². The average Bonchev–Trinajstić information content (AvgIpc) is 2.44. The Morgan fingerprint density at radius 2 is 1.62 bits per heavy atom. The minimum absolute atomic E-state index is 0.0872. The minimum Gasteiger partial charge on any atom is -0.401 e. The Bertz CT molecular complexity index is 673. The second-order valence-corrected chi connectivity index (χ2v) is 11.0. The first kappa shape index (κ1) is 14.2. The van der Waals surface area contributed by atoms with Gasteiger partial charge >= 0.3 is 0 Å². The Hall–Kier alpha value is -1.71. The van der Waals surface area contributed by atoms with Gasteiger partial charge in [-0.3, -0.25) is 4.79 Å². The predicted molar refractivity (Wildman–Crippen MR) is 87.0 cm³/mol. The Labute approximate surface area is 126 Å². The maximum atomic E-state index is 13.1.